The third-order valence-electron chi connectivity index (χ3n) is 1.19. The molecule has 0 bridgehead atoms. The zero-order valence-corrected chi connectivity index (χ0v) is 6.43. The van der Waals surface area contributed by atoms with E-state index in [2.05, 4.69) is 6.58 Å². The van der Waals surface area contributed by atoms with Crippen molar-refractivity contribution in [3.05, 3.63) is 24.3 Å². The Morgan fingerprint density at radius 2 is 2.70 bits per heavy atom. The molecule has 0 saturated heterocycles. The van der Waals surface area contributed by atoms with E-state index in [0.29, 0.717) is 12.3 Å². The van der Waals surface area contributed by atoms with Gasteiger partial charge < -0.3 is 4.90 Å². The maximum Gasteiger partial charge on any atom is 0.237 e. The molecule has 3 heteroatoms. The predicted octanol–water partition coefficient (Wildman–Crippen LogP) is 1.22. The minimum Gasteiger partial charge on any atom is -0.314 e. The van der Waals surface area contributed by atoms with Crippen molar-refractivity contribution in [1.82, 2.24) is 4.90 Å². The van der Waals surface area contributed by atoms with E-state index in [1.165, 1.54) is 11.8 Å². The van der Waals surface area contributed by atoms with Gasteiger partial charge in [-0.15, -0.1) is 18.3 Å². The van der Waals surface area contributed by atoms with Gasteiger partial charge in [-0.3, -0.25) is 4.79 Å². The van der Waals surface area contributed by atoms with Crippen LogP contribution in [0.5, 0.6) is 0 Å². The second-order valence-electron chi connectivity index (χ2n) is 1.93. The molecule has 2 nitrogen and oxygen atoms in total. The van der Waals surface area contributed by atoms with Crippen LogP contribution in [0.4, 0.5) is 0 Å². The molecular formula is C7H9NOS. The van der Waals surface area contributed by atoms with E-state index in [0.717, 1.165) is 0 Å². The Morgan fingerprint density at radius 1 is 1.90 bits per heavy atom. The van der Waals surface area contributed by atoms with Gasteiger partial charge in [-0.25, -0.2) is 0 Å². The van der Waals surface area contributed by atoms with Crippen molar-refractivity contribution in [3.8, 4) is 0 Å². The number of hydrogen-bond acceptors (Lipinski definition) is 2. The molecule has 0 spiro atoms. The number of rotatable bonds is 2. The van der Waals surface area contributed by atoms with Crippen LogP contribution in [0.2, 0.25) is 0 Å². The minimum atomic E-state index is 0.160. The maximum absolute atomic E-state index is 11.0. The van der Waals surface area contributed by atoms with Crippen molar-refractivity contribution in [3.63, 3.8) is 0 Å². The number of amides is 1. The minimum absolute atomic E-state index is 0.160. The lowest BCUT2D eigenvalue weighted by molar-refractivity contribution is -0.125. The van der Waals surface area contributed by atoms with Gasteiger partial charge in [-0.2, -0.15) is 0 Å². The van der Waals surface area contributed by atoms with E-state index in [-0.39, 0.29) is 5.91 Å². The quantitative estimate of drug-likeness (QED) is 0.559. The Morgan fingerprint density at radius 3 is 3.30 bits per heavy atom. The molecule has 1 aliphatic rings. The fourth-order valence-electron chi connectivity index (χ4n) is 0.704. The molecule has 0 aromatic heterocycles. The largest absolute Gasteiger partial charge is 0.314 e. The summed E-state index contributed by atoms with van der Waals surface area (Å²) in [5.74, 6) is 0.719. The van der Waals surface area contributed by atoms with Crippen molar-refractivity contribution < 1.29 is 4.79 Å². The molecule has 0 aromatic carbocycles. The Kier molecular flexibility index (Phi) is 2.57. The smallest absolute Gasteiger partial charge is 0.237 e. The van der Waals surface area contributed by atoms with Crippen LogP contribution in [0.3, 0.4) is 0 Å². The van der Waals surface area contributed by atoms with Gasteiger partial charge in [-0.1, -0.05) is 6.08 Å². The van der Waals surface area contributed by atoms with E-state index in [4.69, 9.17) is 0 Å². The van der Waals surface area contributed by atoms with Crippen molar-refractivity contribution >= 4 is 17.7 Å². The highest BCUT2D eigenvalue weighted by molar-refractivity contribution is 8.02. The fraction of sp³-hybridized carbons (Fsp3) is 0.286. The van der Waals surface area contributed by atoms with Gasteiger partial charge in [-0.05, 0) is 5.41 Å². The number of hydrogen-bond donors (Lipinski definition) is 0. The van der Waals surface area contributed by atoms with Crippen LogP contribution in [-0.4, -0.2) is 23.1 Å². The van der Waals surface area contributed by atoms with Crippen LogP contribution in [-0.2, 0) is 4.79 Å². The summed E-state index contributed by atoms with van der Waals surface area (Å²) in [6, 6.07) is 0. The summed E-state index contributed by atoms with van der Waals surface area (Å²) in [5.41, 5.74) is 0. The normalized spacial score (nSPS) is 17.6. The number of carbonyl (C=O) groups is 1. The number of nitrogens with zero attached hydrogens (tertiary/aromatic N) is 1. The molecular weight excluding hydrogens is 146 g/mol. The highest BCUT2D eigenvalue weighted by atomic mass is 32.2. The predicted molar refractivity (Wildman–Crippen MR) is 43.5 cm³/mol. The van der Waals surface area contributed by atoms with Gasteiger partial charge in [0.15, 0.2) is 0 Å². The Hall–Kier alpha value is -0.700. The van der Waals surface area contributed by atoms with Gasteiger partial charge >= 0.3 is 0 Å². The van der Waals surface area contributed by atoms with E-state index >= 15 is 0 Å². The van der Waals surface area contributed by atoms with E-state index in [9.17, 15) is 4.79 Å². The molecule has 1 rings (SSSR count). The Labute approximate surface area is 64.6 Å². The van der Waals surface area contributed by atoms with Gasteiger partial charge in [0.05, 0.1) is 5.75 Å². The third-order valence-corrected chi connectivity index (χ3v) is 1.92. The SMILES string of the molecule is C=CCN1C=CSCC1=O. The number of carbonyl (C=O) groups excluding carboxylic acids is 1. The molecule has 1 amide bonds. The zero-order chi connectivity index (χ0) is 7.40. The van der Waals surface area contributed by atoms with Crippen molar-refractivity contribution in [2.24, 2.45) is 0 Å². The van der Waals surface area contributed by atoms with E-state index < -0.39 is 0 Å². The molecule has 0 fully saturated rings. The molecule has 0 atom stereocenters. The Bertz CT molecular complexity index is 176. The molecule has 0 unspecified atom stereocenters. The third kappa shape index (κ3) is 1.64. The monoisotopic (exact) mass is 155 g/mol. The van der Waals surface area contributed by atoms with E-state index in [1.807, 2.05) is 5.41 Å². The molecule has 1 aliphatic heterocycles. The lowest BCUT2D eigenvalue weighted by Crippen LogP contribution is -2.29. The summed E-state index contributed by atoms with van der Waals surface area (Å²) in [4.78, 5) is 12.6. The molecule has 0 saturated carbocycles. The second-order valence-corrected chi connectivity index (χ2v) is 2.83. The van der Waals surface area contributed by atoms with E-state index in [1.54, 1.807) is 17.2 Å². The topological polar surface area (TPSA) is 20.3 Å². The summed E-state index contributed by atoms with van der Waals surface area (Å²) < 4.78 is 0. The van der Waals surface area contributed by atoms with Crippen molar-refractivity contribution in [2.75, 3.05) is 12.3 Å². The van der Waals surface area contributed by atoms with Gasteiger partial charge in [0.25, 0.3) is 0 Å². The van der Waals surface area contributed by atoms with Gasteiger partial charge in [0.1, 0.15) is 0 Å². The average Bonchev–Trinajstić information content (AvgIpc) is 1.94. The highest BCUT2D eigenvalue weighted by Gasteiger charge is 2.11. The van der Waals surface area contributed by atoms with Crippen LogP contribution >= 0.6 is 11.8 Å². The molecule has 0 aliphatic carbocycles. The highest BCUT2D eigenvalue weighted by Crippen LogP contribution is 2.11. The molecule has 0 radical (unpaired) electrons. The number of thioether (sulfide) groups is 1. The van der Waals surface area contributed by atoms with Crippen LogP contribution in [0, 0.1) is 0 Å². The molecule has 0 N–H and O–H groups in total. The van der Waals surface area contributed by atoms with Gasteiger partial charge in [0.2, 0.25) is 5.91 Å². The van der Waals surface area contributed by atoms with Crippen LogP contribution in [0.1, 0.15) is 0 Å². The summed E-state index contributed by atoms with van der Waals surface area (Å²) in [6.45, 7) is 4.18. The molecule has 0 aromatic rings. The lowest BCUT2D eigenvalue weighted by atomic mass is 10.5. The van der Waals surface area contributed by atoms with Gasteiger partial charge in [0, 0.05) is 12.7 Å². The van der Waals surface area contributed by atoms with Crippen LogP contribution in [0.15, 0.2) is 24.3 Å². The molecule has 10 heavy (non-hydrogen) atoms. The second kappa shape index (κ2) is 3.46. The van der Waals surface area contributed by atoms with Crippen molar-refractivity contribution in [2.45, 2.75) is 0 Å². The first-order valence-corrected chi connectivity index (χ1v) is 4.08. The molecule has 1 heterocycles. The maximum atomic E-state index is 11.0. The average molecular weight is 155 g/mol. The summed E-state index contributed by atoms with van der Waals surface area (Å²) in [7, 11) is 0. The summed E-state index contributed by atoms with van der Waals surface area (Å²) in [5, 5.41) is 1.92. The summed E-state index contributed by atoms with van der Waals surface area (Å²) >= 11 is 1.53. The summed E-state index contributed by atoms with van der Waals surface area (Å²) in [6.07, 6.45) is 3.51. The lowest BCUT2D eigenvalue weighted by Gasteiger charge is -2.18. The Balaban J connectivity index is 2.54. The standard InChI is InChI=1S/C7H9NOS/c1-2-3-8-4-5-10-6-7(8)9/h2,4-5H,1,3,6H2. The first-order valence-electron chi connectivity index (χ1n) is 3.03. The first-order chi connectivity index (χ1) is 4.84. The van der Waals surface area contributed by atoms with Crippen LogP contribution in [0.25, 0.3) is 0 Å². The van der Waals surface area contributed by atoms with Crippen LogP contribution < -0.4 is 0 Å². The first kappa shape index (κ1) is 7.41. The van der Waals surface area contributed by atoms with Crippen molar-refractivity contribution in [1.29, 1.82) is 0 Å². The molecule has 54 valence electrons. The fourth-order valence-corrected chi connectivity index (χ4v) is 1.34. The zero-order valence-electron chi connectivity index (χ0n) is 5.62.